The van der Waals surface area contributed by atoms with Gasteiger partial charge < -0.3 is 14.8 Å². The average molecular weight is 400 g/mol. The number of carbonyl (C=O) groups excluding carboxylic acids is 1. The second kappa shape index (κ2) is 6.13. The van der Waals surface area contributed by atoms with Gasteiger partial charge in [-0.1, -0.05) is 54.1 Å². The molecule has 6 rings (SSSR count). The van der Waals surface area contributed by atoms with Gasteiger partial charge in [0, 0.05) is 17.4 Å². The van der Waals surface area contributed by atoms with Crippen molar-refractivity contribution < 1.29 is 4.79 Å². The van der Waals surface area contributed by atoms with Crippen molar-refractivity contribution in [3.8, 4) is 0 Å². The topological polar surface area (TPSA) is 39.3 Å². The number of halogens is 1. The van der Waals surface area contributed by atoms with Crippen LogP contribution < -0.4 is 4.90 Å². The van der Waals surface area contributed by atoms with Crippen molar-refractivity contribution in [1.29, 1.82) is 0 Å². The summed E-state index contributed by atoms with van der Waals surface area (Å²) in [6.45, 7) is 0.674. The van der Waals surface area contributed by atoms with E-state index in [1.54, 1.807) is 0 Å². The van der Waals surface area contributed by atoms with Crippen LogP contribution in [0.3, 0.4) is 0 Å². The maximum atomic E-state index is 13.4. The van der Waals surface area contributed by atoms with Crippen molar-refractivity contribution in [3.63, 3.8) is 0 Å². The quantitative estimate of drug-likeness (QED) is 0.448. The number of fused-ring (bicyclic) bond motifs is 6. The zero-order chi connectivity index (χ0) is 19.5. The molecule has 29 heavy (non-hydrogen) atoms. The van der Waals surface area contributed by atoms with Gasteiger partial charge in [0.15, 0.2) is 6.17 Å². The molecule has 2 aliphatic heterocycles. The molecule has 0 radical (unpaired) electrons. The molecule has 3 aromatic carbocycles. The number of carbonyl (C=O) groups is 1. The first kappa shape index (κ1) is 16.7. The predicted molar refractivity (Wildman–Crippen MR) is 116 cm³/mol. The molecule has 1 aromatic heterocycles. The first-order chi connectivity index (χ1) is 14.2. The third-order valence-electron chi connectivity index (χ3n) is 6.01. The van der Waals surface area contributed by atoms with E-state index in [9.17, 15) is 4.79 Å². The van der Waals surface area contributed by atoms with Crippen molar-refractivity contribution in [2.45, 2.75) is 12.6 Å². The summed E-state index contributed by atoms with van der Waals surface area (Å²) in [4.78, 5) is 21.2. The molecule has 0 aliphatic carbocycles. The van der Waals surface area contributed by atoms with Gasteiger partial charge in [-0.15, -0.1) is 0 Å². The minimum Gasteiger partial charge on any atom is -0.355 e. The van der Waals surface area contributed by atoms with E-state index < -0.39 is 0 Å². The molecule has 0 saturated heterocycles. The molecule has 5 heteroatoms. The maximum absolute atomic E-state index is 13.4. The highest BCUT2D eigenvalue weighted by Crippen LogP contribution is 2.48. The van der Waals surface area contributed by atoms with Gasteiger partial charge in [0.05, 0.1) is 27.7 Å². The van der Waals surface area contributed by atoms with E-state index in [-0.39, 0.29) is 12.1 Å². The fourth-order valence-electron chi connectivity index (χ4n) is 4.76. The Morgan fingerprint density at radius 3 is 2.48 bits per heavy atom. The van der Waals surface area contributed by atoms with Crippen LogP contribution in [0.5, 0.6) is 0 Å². The zero-order valence-electron chi connectivity index (χ0n) is 15.6. The molecule has 0 saturated carbocycles. The largest absolute Gasteiger partial charge is 0.355 e. The van der Waals surface area contributed by atoms with Crippen LogP contribution in [0.1, 0.15) is 27.8 Å². The smallest absolute Gasteiger partial charge is 0.257 e. The lowest BCUT2D eigenvalue weighted by Crippen LogP contribution is -2.50. The van der Waals surface area contributed by atoms with Gasteiger partial charge >= 0.3 is 0 Å². The minimum absolute atomic E-state index is 0.0678. The van der Waals surface area contributed by atoms with Gasteiger partial charge in [-0.05, 0) is 42.3 Å². The van der Waals surface area contributed by atoms with Crippen LogP contribution in [0.2, 0.25) is 5.02 Å². The summed E-state index contributed by atoms with van der Waals surface area (Å²) < 4.78 is 0. The first-order valence-electron chi connectivity index (χ1n) is 9.77. The highest BCUT2D eigenvalue weighted by Gasteiger charge is 2.43. The fraction of sp³-hybridized carbons (Fsp3) is 0.125. The maximum Gasteiger partial charge on any atom is 0.257 e. The summed E-state index contributed by atoms with van der Waals surface area (Å²) in [5, 5.41) is 1.90. The van der Waals surface area contributed by atoms with E-state index in [4.69, 9.17) is 11.6 Å². The highest BCUT2D eigenvalue weighted by atomic mass is 35.5. The molecular weight excluding hydrogens is 382 g/mol. The van der Waals surface area contributed by atoms with Crippen LogP contribution in [0.15, 0.2) is 72.8 Å². The first-order valence-corrected chi connectivity index (χ1v) is 10.1. The third kappa shape index (κ3) is 2.29. The van der Waals surface area contributed by atoms with Crippen LogP contribution in [0, 0.1) is 0 Å². The van der Waals surface area contributed by atoms with Crippen molar-refractivity contribution in [3.05, 3.63) is 94.6 Å². The lowest BCUT2D eigenvalue weighted by molar-refractivity contribution is 0.0642. The van der Waals surface area contributed by atoms with E-state index in [1.807, 2.05) is 59.5 Å². The summed E-state index contributed by atoms with van der Waals surface area (Å²) >= 11 is 6.64. The molecule has 1 unspecified atom stereocenters. The van der Waals surface area contributed by atoms with Crippen molar-refractivity contribution >= 4 is 39.8 Å². The van der Waals surface area contributed by atoms with Crippen molar-refractivity contribution in [2.75, 3.05) is 11.4 Å². The Morgan fingerprint density at radius 2 is 1.62 bits per heavy atom. The number of aromatic amines is 1. The third-order valence-corrected chi connectivity index (χ3v) is 6.33. The molecular formula is C24H18ClN3O. The van der Waals surface area contributed by atoms with E-state index >= 15 is 0 Å². The molecule has 142 valence electrons. The molecule has 1 N–H and O–H groups in total. The second-order valence-electron chi connectivity index (χ2n) is 7.52. The number of aromatic nitrogens is 1. The Balaban J connectivity index is 1.66. The second-order valence-corrected chi connectivity index (χ2v) is 7.93. The van der Waals surface area contributed by atoms with Crippen LogP contribution >= 0.6 is 11.6 Å². The zero-order valence-corrected chi connectivity index (χ0v) is 16.4. The van der Waals surface area contributed by atoms with Crippen LogP contribution in [-0.2, 0) is 6.42 Å². The lowest BCUT2D eigenvalue weighted by Gasteiger charge is -2.47. The van der Waals surface area contributed by atoms with Gasteiger partial charge in [0.1, 0.15) is 0 Å². The van der Waals surface area contributed by atoms with Crippen molar-refractivity contribution in [2.24, 2.45) is 0 Å². The summed E-state index contributed by atoms with van der Waals surface area (Å²) in [6.07, 6.45) is 0.577. The number of rotatable bonds is 1. The Morgan fingerprint density at radius 1 is 0.897 bits per heavy atom. The number of hydrogen-bond donors (Lipinski definition) is 1. The SMILES string of the molecule is O=C1c2ccccc2N(c2ccccc2Cl)C2c3[nH]c4ccccc4c3CCN12. The molecule has 0 fully saturated rings. The van der Waals surface area contributed by atoms with E-state index in [1.165, 1.54) is 10.9 Å². The molecule has 2 aliphatic rings. The normalized spacial score (nSPS) is 17.8. The lowest BCUT2D eigenvalue weighted by atomic mass is 9.95. The number of nitrogens with zero attached hydrogens (tertiary/aromatic N) is 2. The summed E-state index contributed by atoms with van der Waals surface area (Å²) in [5.41, 5.74) is 5.95. The number of nitrogens with one attached hydrogen (secondary N) is 1. The van der Waals surface area contributed by atoms with Gasteiger partial charge in [0.2, 0.25) is 0 Å². The average Bonchev–Trinajstić information content (AvgIpc) is 3.14. The number of amides is 1. The van der Waals surface area contributed by atoms with Crippen LogP contribution in [0.4, 0.5) is 11.4 Å². The number of anilines is 2. The standard InChI is InChI=1S/C24H18ClN3O/c25-18-9-3-6-12-21(18)28-20-11-5-2-8-17(20)24(29)27-14-13-16-15-7-1-4-10-19(15)26-22(16)23(27)28/h1-12,23,26H,13-14H2. The molecule has 3 heterocycles. The monoisotopic (exact) mass is 399 g/mol. The number of H-pyrrole nitrogens is 1. The predicted octanol–water partition coefficient (Wildman–Crippen LogP) is 5.67. The Bertz CT molecular complexity index is 1280. The Hall–Kier alpha value is -3.24. The Labute approximate surface area is 173 Å². The number of benzene rings is 3. The molecule has 1 amide bonds. The minimum atomic E-state index is -0.256. The van der Waals surface area contributed by atoms with Gasteiger partial charge in [-0.2, -0.15) is 0 Å². The summed E-state index contributed by atoms with van der Waals surface area (Å²) in [7, 11) is 0. The summed E-state index contributed by atoms with van der Waals surface area (Å²) in [6, 6.07) is 24.0. The molecule has 1 atom stereocenters. The van der Waals surface area contributed by atoms with E-state index in [0.29, 0.717) is 17.1 Å². The van der Waals surface area contributed by atoms with Crippen molar-refractivity contribution in [1.82, 2.24) is 9.88 Å². The van der Waals surface area contributed by atoms with Crippen LogP contribution in [0.25, 0.3) is 10.9 Å². The molecule has 0 bridgehead atoms. The van der Waals surface area contributed by atoms with Crippen LogP contribution in [-0.4, -0.2) is 22.3 Å². The summed E-state index contributed by atoms with van der Waals surface area (Å²) in [5.74, 6) is 0.0678. The Kier molecular flexibility index (Phi) is 3.53. The molecule has 4 aromatic rings. The number of hydrogen-bond acceptors (Lipinski definition) is 2. The number of para-hydroxylation sites is 3. The van der Waals surface area contributed by atoms with Gasteiger partial charge in [-0.3, -0.25) is 4.79 Å². The fourth-order valence-corrected chi connectivity index (χ4v) is 4.99. The van der Waals surface area contributed by atoms with E-state index in [0.717, 1.165) is 29.0 Å². The van der Waals surface area contributed by atoms with Gasteiger partial charge in [0.25, 0.3) is 5.91 Å². The molecule has 0 spiro atoms. The molecule has 4 nitrogen and oxygen atoms in total. The van der Waals surface area contributed by atoms with E-state index in [2.05, 4.69) is 28.1 Å². The highest BCUT2D eigenvalue weighted by molar-refractivity contribution is 6.33. The van der Waals surface area contributed by atoms with Gasteiger partial charge in [-0.25, -0.2) is 0 Å².